The van der Waals surface area contributed by atoms with Gasteiger partial charge in [-0.25, -0.2) is 4.39 Å². The van der Waals surface area contributed by atoms with Crippen molar-refractivity contribution in [1.82, 2.24) is 9.88 Å². The van der Waals surface area contributed by atoms with Gasteiger partial charge >= 0.3 is 0 Å². The van der Waals surface area contributed by atoms with Crippen LogP contribution in [0.4, 0.5) is 4.39 Å². The third-order valence-electron chi connectivity index (χ3n) is 5.86. The van der Waals surface area contributed by atoms with Gasteiger partial charge in [0.15, 0.2) is 0 Å². The SMILES string of the molecule is COc1cc(C2=CCC(C)(Cl)C(C)=C2)c(F)cc1-n1c2c(ccc1=O)CNCC2. The van der Waals surface area contributed by atoms with E-state index < -0.39 is 10.7 Å². The van der Waals surface area contributed by atoms with Crippen LogP contribution in [0.25, 0.3) is 11.3 Å². The van der Waals surface area contributed by atoms with Crippen molar-refractivity contribution in [3.63, 3.8) is 0 Å². The van der Waals surface area contributed by atoms with Gasteiger partial charge in [-0.15, -0.1) is 11.6 Å². The van der Waals surface area contributed by atoms with E-state index in [1.165, 1.54) is 19.2 Å². The van der Waals surface area contributed by atoms with Gasteiger partial charge < -0.3 is 10.1 Å². The second kappa shape index (κ2) is 7.47. The van der Waals surface area contributed by atoms with Crippen LogP contribution >= 0.6 is 11.6 Å². The van der Waals surface area contributed by atoms with Crippen molar-refractivity contribution in [2.24, 2.45) is 0 Å². The molecule has 2 aromatic rings. The van der Waals surface area contributed by atoms with Crippen molar-refractivity contribution in [3.05, 3.63) is 75.0 Å². The number of hydrogen-bond donors (Lipinski definition) is 1. The molecular formula is C23H24ClFN2O2. The van der Waals surface area contributed by atoms with Gasteiger partial charge in [0.2, 0.25) is 0 Å². The summed E-state index contributed by atoms with van der Waals surface area (Å²) in [7, 11) is 1.54. The Bertz CT molecular complexity index is 1100. The monoisotopic (exact) mass is 414 g/mol. The maximum absolute atomic E-state index is 15.2. The summed E-state index contributed by atoms with van der Waals surface area (Å²) in [5.41, 5.74) is 4.37. The summed E-state index contributed by atoms with van der Waals surface area (Å²) < 4.78 is 22.4. The molecule has 0 saturated heterocycles. The maximum atomic E-state index is 15.2. The van der Waals surface area contributed by atoms with Crippen molar-refractivity contribution in [3.8, 4) is 11.4 Å². The number of pyridine rings is 1. The van der Waals surface area contributed by atoms with Gasteiger partial charge in [0.25, 0.3) is 5.56 Å². The van der Waals surface area contributed by atoms with Crippen LogP contribution in [0.2, 0.25) is 0 Å². The molecule has 1 aromatic carbocycles. The van der Waals surface area contributed by atoms with E-state index in [4.69, 9.17) is 16.3 Å². The molecule has 4 rings (SSSR count). The van der Waals surface area contributed by atoms with Crippen LogP contribution in [0.1, 0.15) is 37.1 Å². The van der Waals surface area contributed by atoms with Crippen molar-refractivity contribution < 1.29 is 9.13 Å². The Morgan fingerprint density at radius 1 is 1.31 bits per heavy atom. The maximum Gasteiger partial charge on any atom is 0.255 e. The van der Waals surface area contributed by atoms with Crippen molar-refractivity contribution in [2.75, 3.05) is 13.7 Å². The van der Waals surface area contributed by atoms with Crippen LogP contribution in [-0.2, 0) is 13.0 Å². The first kappa shape index (κ1) is 19.9. The van der Waals surface area contributed by atoms with Crippen LogP contribution in [0.15, 0.2) is 46.8 Å². The Morgan fingerprint density at radius 2 is 2.10 bits per heavy atom. The summed E-state index contributed by atoms with van der Waals surface area (Å²) in [6.07, 6.45) is 5.17. The zero-order chi connectivity index (χ0) is 20.8. The number of nitrogens with zero attached hydrogens (tertiary/aromatic N) is 1. The smallest absolute Gasteiger partial charge is 0.255 e. The molecule has 1 atom stereocenters. The molecule has 0 spiro atoms. The summed E-state index contributed by atoms with van der Waals surface area (Å²) in [5, 5.41) is 3.30. The van der Waals surface area contributed by atoms with Crippen LogP contribution < -0.4 is 15.6 Å². The van der Waals surface area contributed by atoms with Crippen LogP contribution in [0.5, 0.6) is 5.75 Å². The highest BCUT2D eigenvalue weighted by Crippen LogP contribution is 2.39. The fraction of sp³-hybridized carbons (Fsp3) is 0.348. The Labute approximate surface area is 174 Å². The molecular weight excluding hydrogens is 391 g/mol. The molecule has 1 aromatic heterocycles. The molecule has 29 heavy (non-hydrogen) atoms. The van der Waals surface area contributed by atoms with Crippen LogP contribution in [-0.4, -0.2) is 23.1 Å². The molecule has 1 N–H and O–H groups in total. The highest BCUT2D eigenvalue weighted by Gasteiger charge is 2.27. The van der Waals surface area contributed by atoms with Gasteiger partial charge in [-0.2, -0.15) is 0 Å². The number of fused-ring (bicyclic) bond motifs is 1. The number of methoxy groups -OCH3 is 1. The van der Waals surface area contributed by atoms with E-state index in [1.807, 2.05) is 32.1 Å². The lowest BCUT2D eigenvalue weighted by Crippen LogP contribution is -2.31. The summed E-state index contributed by atoms with van der Waals surface area (Å²) in [6, 6.07) is 6.43. The van der Waals surface area contributed by atoms with Gasteiger partial charge in [-0.05, 0) is 37.5 Å². The second-order valence-electron chi connectivity index (χ2n) is 7.80. The summed E-state index contributed by atoms with van der Waals surface area (Å²) in [4.78, 5) is 12.3. The van der Waals surface area contributed by atoms with E-state index in [0.29, 0.717) is 36.4 Å². The summed E-state index contributed by atoms with van der Waals surface area (Å²) >= 11 is 6.49. The molecule has 1 unspecified atom stereocenters. The fourth-order valence-electron chi connectivity index (χ4n) is 3.94. The van der Waals surface area contributed by atoms with Gasteiger partial charge in [-0.3, -0.25) is 9.36 Å². The Hall–Kier alpha value is -2.37. The minimum absolute atomic E-state index is 0.193. The molecule has 0 saturated carbocycles. The number of ether oxygens (including phenoxy) is 1. The number of hydrogen-bond acceptors (Lipinski definition) is 3. The lowest BCUT2D eigenvalue weighted by molar-refractivity contribution is 0.410. The minimum Gasteiger partial charge on any atom is -0.495 e. The zero-order valence-corrected chi connectivity index (χ0v) is 17.6. The molecule has 2 heterocycles. The lowest BCUT2D eigenvalue weighted by atomic mass is 9.87. The Kier molecular flexibility index (Phi) is 5.13. The second-order valence-corrected chi connectivity index (χ2v) is 8.63. The first-order valence-electron chi connectivity index (χ1n) is 9.72. The third kappa shape index (κ3) is 3.53. The van der Waals surface area contributed by atoms with Crippen LogP contribution in [0, 0.1) is 5.82 Å². The molecule has 6 heteroatoms. The predicted octanol–water partition coefficient (Wildman–Crippen LogP) is 4.36. The van der Waals surface area contributed by atoms with E-state index >= 15 is 4.39 Å². The topological polar surface area (TPSA) is 43.3 Å². The Morgan fingerprint density at radius 3 is 2.83 bits per heavy atom. The molecule has 152 valence electrons. The average Bonchev–Trinajstić information content (AvgIpc) is 2.70. The van der Waals surface area contributed by atoms with E-state index in [0.717, 1.165) is 28.9 Å². The molecule has 1 aliphatic heterocycles. The van der Waals surface area contributed by atoms with Crippen molar-refractivity contribution >= 4 is 17.2 Å². The largest absolute Gasteiger partial charge is 0.495 e. The Balaban J connectivity index is 1.86. The van der Waals surface area contributed by atoms with Crippen molar-refractivity contribution in [2.45, 2.75) is 38.1 Å². The third-order valence-corrected chi connectivity index (χ3v) is 6.31. The molecule has 2 aliphatic rings. The number of aromatic nitrogens is 1. The van der Waals surface area contributed by atoms with Gasteiger partial charge in [-0.1, -0.05) is 23.8 Å². The first-order chi connectivity index (χ1) is 13.8. The molecule has 4 nitrogen and oxygen atoms in total. The normalized spacial score (nSPS) is 21.3. The van der Waals surface area contributed by atoms with Gasteiger partial charge in [0, 0.05) is 42.9 Å². The quantitative estimate of drug-likeness (QED) is 0.759. The molecule has 1 aliphatic carbocycles. The highest BCUT2D eigenvalue weighted by atomic mass is 35.5. The van der Waals surface area contributed by atoms with E-state index in [2.05, 4.69) is 5.32 Å². The van der Waals surface area contributed by atoms with E-state index in [9.17, 15) is 4.79 Å². The molecule has 0 bridgehead atoms. The molecule has 0 radical (unpaired) electrons. The average molecular weight is 415 g/mol. The number of benzene rings is 1. The number of alkyl halides is 1. The number of nitrogens with one attached hydrogen (secondary N) is 1. The predicted molar refractivity (Wildman–Crippen MR) is 115 cm³/mol. The molecule has 0 fully saturated rings. The standard InChI is InChI=1S/C23H24ClFN2O2/c1-14-10-15(6-8-23(14,2)24)17-11-21(29-3)20(12-18(17)25)27-19-7-9-26-13-16(19)4-5-22(27)28/h4-6,10-12,26H,7-9,13H2,1-3H3. The van der Waals surface area contributed by atoms with Gasteiger partial charge in [0.1, 0.15) is 11.6 Å². The first-order valence-corrected chi connectivity index (χ1v) is 10.1. The number of allylic oxidation sites excluding steroid dienone is 4. The van der Waals surface area contributed by atoms with Crippen LogP contribution in [0.3, 0.4) is 0 Å². The molecule has 0 amide bonds. The minimum atomic E-state index is -0.450. The summed E-state index contributed by atoms with van der Waals surface area (Å²) in [6.45, 7) is 5.36. The highest BCUT2D eigenvalue weighted by molar-refractivity contribution is 6.26. The van der Waals surface area contributed by atoms with Gasteiger partial charge in [0.05, 0.1) is 17.7 Å². The van der Waals surface area contributed by atoms with E-state index in [1.54, 1.807) is 10.6 Å². The summed E-state index contributed by atoms with van der Waals surface area (Å²) in [5.74, 6) is 0.0642. The zero-order valence-electron chi connectivity index (χ0n) is 16.8. The number of halogens is 2. The van der Waals surface area contributed by atoms with Crippen molar-refractivity contribution in [1.29, 1.82) is 0 Å². The fourth-order valence-corrected chi connectivity index (χ4v) is 4.07. The van der Waals surface area contributed by atoms with E-state index in [-0.39, 0.29) is 5.56 Å². The lowest BCUT2D eigenvalue weighted by Gasteiger charge is -2.27. The number of rotatable bonds is 3.